The topological polar surface area (TPSA) is 69.7 Å². The largest absolute Gasteiger partial charge is 0.416 e. The second-order valence-corrected chi connectivity index (χ2v) is 10.2. The lowest BCUT2D eigenvalue weighted by Crippen LogP contribution is -2.54. The number of rotatable bonds is 1. The van der Waals surface area contributed by atoms with Crippen molar-refractivity contribution in [3.63, 3.8) is 0 Å². The number of carbonyl (C=O) groups excluding carboxylic acids is 3. The Morgan fingerprint density at radius 2 is 1.78 bits per heavy atom. The highest BCUT2D eigenvalue weighted by Crippen LogP contribution is 2.62. The Kier molecular flexibility index (Phi) is 5.09. The zero-order chi connectivity index (χ0) is 26.6. The van der Waals surface area contributed by atoms with Crippen molar-refractivity contribution in [2.75, 3.05) is 16.8 Å². The monoisotopic (exact) mass is 557 g/mol. The fourth-order valence-corrected chi connectivity index (χ4v) is 6.83. The highest BCUT2D eigenvalue weighted by Gasteiger charge is 2.75. The summed E-state index contributed by atoms with van der Waals surface area (Å²) in [5, 5.41) is 2.76. The Morgan fingerprint density at radius 1 is 1.05 bits per heavy atom. The van der Waals surface area contributed by atoms with Gasteiger partial charge in [-0.25, -0.2) is 4.90 Å². The van der Waals surface area contributed by atoms with Crippen LogP contribution in [-0.2, 0) is 26.1 Å². The zero-order valence-electron chi connectivity index (χ0n) is 18.4. The molecular formula is C24H14Cl2F5N3O3. The van der Waals surface area contributed by atoms with Crippen molar-refractivity contribution < 1.29 is 36.3 Å². The van der Waals surface area contributed by atoms with Crippen LogP contribution in [0.3, 0.4) is 0 Å². The number of anilines is 2. The molecule has 0 bridgehead atoms. The van der Waals surface area contributed by atoms with E-state index in [1.807, 2.05) is 0 Å². The predicted molar refractivity (Wildman–Crippen MR) is 122 cm³/mol. The Bertz CT molecular complexity index is 1460. The number of halogens is 7. The minimum atomic E-state index is -4.74. The van der Waals surface area contributed by atoms with Gasteiger partial charge in [0.05, 0.1) is 33.8 Å². The van der Waals surface area contributed by atoms with E-state index in [4.69, 9.17) is 23.2 Å². The molecule has 0 radical (unpaired) electrons. The van der Waals surface area contributed by atoms with Gasteiger partial charge in [-0.1, -0.05) is 29.3 Å². The first-order valence-electron chi connectivity index (χ1n) is 11.0. The summed E-state index contributed by atoms with van der Waals surface area (Å²) in [6, 6.07) is 5.45. The van der Waals surface area contributed by atoms with Crippen molar-refractivity contribution in [3.05, 3.63) is 69.2 Å². The molecule has 1 N–H and O–H groups in total. The van der Waals surface area contributed by atoms with Crippen LogP contribution in [0.1, 0.15) is 17.5 Å². The molecule has 0 aliphatic carbocycles. The molecule has 1 spiro atoms. The molecule has 4 aliphatic heterocycles. The molecule has 0 saturated carbocycles. The summed E-state index contributed by atoms with van der Waals surface area (Å²) in [6.07, 6.45) is -7.00. The number of hydrogen-bond donors (Lipinski definition) is 1. The van der Waals surface area contributed by atoms with Crippen LogP contribution >= 0.6 is 23.2 Å². The van der Waals surface area contributed by atoms with E-state index in [1.165, 1.54) is 23.1 Å². The second kappa shape index (κ2) is 7.75. The summed E-state index contributed by atoms with van der Waals surface area (Å²) in [6.45, 7) is -0.388. The van der Waals surface area contributed by atoms with E-state index < -0.39 is 59.0 Å². The first-order chi connectivity index (χ1) is 17.4. The molecule has 37 heavy (non-hydrogen) atoms. The van der Waals surface area contributed by atoms with Gasteiger partial charge < -0.3 is 5.32 Å². The van der Waals surface area contributed by atoms with Crippen LogP contribution in [0.2, 0.25) is 10.0 Å². The van der Waals surface area contributed by atoms with E-state index in [9.17, 15) is 36.3 Å². The van der Waals surface area contributed by atoms with Crippen LogP contribution in [0.5, 0.6) is 0 Å². The Labute approximate surface area is 215 Å². The van der Waals surface area contributed by atoms with Crippen molar-refractivity contribution in [1.82, 2.24) is 4.90 Å². The zero-order valence-corrected chi connectivity index (χ0v) is 19.9. The summed E-state index contributed by atoms with van der Waals surface area (Å²) in [7, 11) is 0. The molecule has 3 fully saturated rings. The van der Waals surface area contributed by atoms with Gasteiger partial charge in [0.25, 0.3) is 12.0 Å². The third kappa shape index (κ3) is 3.10. The lowest BCUT2D eigenvalue weighted by Gasteiger charge is -2.36. The van der Waals surface area contributed by atoms with E-state index in [1.54, 1.807) is 0 Å². The average molecular weight is 558 g/mol. The van der Waals surface area contributed by atoms with Gasteiger partial charge in [-0.2, -0.15) is 22.0 Å². The number of benzene rings is 2. The highest BCUT2D eigenvalue weighted by molar-refractivity contribution is 6.38. The van der Waals surface area contributed by atoms with E-state index in [-0.39, 0.29) is 45.5 Å². The molecule has 0 aromatic heterocycles. The quantitative estimate of drug-likeness (QED) is 0.386. The van der Waals surface area contributed by atoms with Crippen LogP contribution < -0.4 is 10.2 Å². The van der Waals surface area contributed by atoms with Crippen molar-refractivity contribution >= 4 is 52.3 Å². The van der Waals surface area contributed by atoms with Gasteiger partial charge in [0.15, 0.2) is 0 Å². The van der Waals surface area contributed by atoms with E-state index in [0.717, 1.165) is 12.1 Å². The number of hydrogen-bond acceptors (Lipinski definition) is 4. The minimum absolute atomic E-state index is 0.0471. The molecule has 4 heterocycles. The number of imide groups is 1. The van der Waals surface area contributed by atoms with Crippen LogP contribution in [-0.4, -0.2) is 35.2 Å². The van der Waals surface area contributed by atoms with Gasteiger partial charge in [-0.15, -0.1) is 0 Å². The SMILES string of the molecule is O=C1C2C3CC(=C(F)F)CN3C3(C(=O)Nc4c(Cl)cc(Cl)cc43)C2C(=O)N1c1cccc(C(F)(F)F)c1. The maximum absolute atomic E-state index is 13.9. The van der Waals surface area contributed by atoms with Gasteiger partial charge in [-0.05, 0) is 36.8 Å². The van der Waals surface area contributed by atoms with Gasteiger partial charge >= 0.3 is 6.18 Å². The van der Waals surface area contributed by atoms with Crippen LogP contribution in [0.4, 0.5) is 33.3 Å². The summed E-state index contributed by atoms with van der Waals surface area (Å²) in [4.78, 5) is 43.3. The molecule has 2 aromatic rings. The number of fused-ring (bicyclic) bond motifs is 7. The molecule has 3 amide bonds. The van der Waals surface area contributed by atoms with Gasteiger partial charge in [0, 0.05) is 28.7 Å². The number of carbonyl (C=O) groups is 3. The molecule has 4 aliphatic rings. The van der Waals surface area contributed by atoms with Gasteiger partial charge in [-0.3, -0.25) is 19.3 Å². The summed E-state index contributed by atoms with van der Waals surface area (Å²) >= 11 is 12.5. The standard InChI is InChI=1S/C24H14Cl2F5N3O3/c25-11-6-13-18(14(26)7-11)32-22(37)23(13)17-16(15-4-9(19(27)28)8-33(15)23)20(35)34(21(17)36)12-3-1-2-10(5-12)24(29,30)31/h1-3,5-7,15-17H,4,8H2,(H,32,37). The highest BCUT2D eigenvalue weighted by atomic mass is 35.5. The molecule has 6 rings (SSSR count). The number of alkyl halides is 3. The van der Waals surface area contributed by atoms with Crippen LogP contribution in [0, 0.1) is 11.8 Å². The fraction of sp³-hybridized carbons (Fsp3) is 0.292. The second-order valence-electron chi connectivity index (χ2n) is 9.36. The third-order valence-corrected chi connectivity index (χ3v) is 8.15. The average Bonchev–Trinajstić information content (AvgIpc) is 3.50. The first kappa shape index (κ1) is 24.3. The normalized spacial score (nSPS) is 28.7. The molecule has 2 aromatic carbocycles. The summed E-state index contributed by atoms with van der Waals surface area (Å²) in [5.74, 6) is -5.20. The summed E-state index contributed by atoms with van der Waals surface area (Å²) in [5.41, 5.74) is -3.33. The fourth-order valence-electron chi connectivity index (χ4n) is 6.29. The Balaban J connectivity index is 1.57. The van der Waals surface area contributed by atoms with Crippen molar-refractivity contribution in [2.45, 2.75) is 24.2 Å². The Morgan fingerprint density at radius 3 is 2.46 bits per heavy atom. The van der Waals surface area contributed by atoms with Crippen molar-refractivity contribution in [3.8, 4) is 0 Å². The Hall–Kier alpha value is -3.02. The molecule has 3 saturated heterocycles. The number of nitrogens with zero attached hydrogens (tertiary/aromatic N) is 2. The van der Waals surface area contributed by atoms with Crippen LogP contribution in [0.15, 0.2) is 48.1 Å². The first-order valence-corrected chi connectivity index (χ1v) is 11.8. The minimum Gasteiger partial charge on any atom is -0.323 e. The van der Waals surface area contributed by atoms with E-state index in [2.05, 4.69) is 5.32 Å². The van der Waals surface area contributed by atoms with Crippen LogP contribution in [0.25, 0.3) is 0 Å². The van der Waals surface area contributed by atoms with E-state index in [0.29, 0.717) is 11.0 Å². The smallest absolute Gasteiger partial charge is 0.323 e. The molecule has 4 atom stereocenters. The molecular weight excluding hydrogens is 544 g/mol. The third-order valence-electron chi connectivity index (χ3n) is 7.64. The summed E-state index contributed by atoms with van der Waals surface area (Å²) < 4.78 is 67.5. The van der Waals surface area contributed by atoms with Crippen molar-refractivity contribution in [2.24, 2.45) is 11.8 Å². The molecule has 13 heteroatoms. The lowest BCUT2D eigenvalue weighted by atomic mass is 9.75. The maximum atomic E-state index is 13.9. The molecule has 6 nitrogen and oxygen atoms in total. The van der Waals surface area contributed by atoms with E-state index >= 15 is 0 Å². The molecule has 4 unspecified atom stereocenters. The maximum Gasteiger partial charge on any atom is 0.416 e. The number of nitrogens with one attached hydrogen (secondary N) is 1. The number of amides is 3. The van der Waals surface area contributed by atoms with Crippen molar-refractivity contribution in [1.29, 1.82) is 0 Å². The predicted octanol–water partition coefficient (Wildman–Crippen LogP) is 5.20. The van der Waals surface area contributed by atoms with Gasteiger partial charge in [0.1, 0.15) is 5.54 Å². The molecule has 192 valence electrons. The lowest BCUT2D eigenvalue weighted by molar-refractivity contribution is -0.137. The van der Waals surface area contributed by atoms with Gasteiger partial charge in [0.2, 0.25) is 11.8 Å².